The summed E-state index contributed by atoms with van der Waals surface area (Å²) in [5.74, 6) is 3.72. The van der Waals surface area contributed by atoms with Crippen LogP contribution < -0.4 is 5.32 Å². The standard InChI is InChI=1S/C33H50N4O3/c1-21(5-10-30(39)37-16-13-24(20-37)35-31(40)22-18-34-36(4)19-22)27-8-9-28-26-7-6-23-17-25(38)11-14-32(23,2)29(26)12-15-33(27,28)3/h6,18-19,21,24-29,38H,5,7-17,20H2,1-4H3,(H,35,40)/t21-,24+,25+,26+,27-,28+,29+,32+,33-/m1/s1. The van der Waals surface area contributed by atoms with Crippen molar-refractivity contribution in [3.63, 3.8) is 0 Å². The van der Waals surface area contributed by atoms with Crippen LogP contribution in [-0.4, -0.2) is 56.8 Å². The number of hydrogen-bond acceptors (Lipinski definition) is 4. The molecule has 4 fully saturated rings. The minimum Gasteiger partial charge on any atom is -0.393 e. The number of carbonyl (C=O) groups excluding carboxylic acids is 2. The lowest BCUT2D eigenvalue weighted by Crippen LogP contribution is -2.50. The van der Waals surface area contributed by atoms with Gasteiger partial charge in [-0.15, -0.1) is 0 Å². The van der Waals surface area contributed by atoms with Crippen LogP contribution in [-0.2, 0) is 11.8 Å². The van der Waals surface area contributed by atoms with Gasteiger partial charge in [0.05, 0.1) is 17.9 Å². The Hall–Kier alpha value is -2.15. The van der Waals surface area contributed by atoms with Gasteiger partial charge in [-0.25, -0.2) is 0 Å². The van der Waals surface area contributed by atoms with Gasteiger partial charge < -0.3 is 15.3 Å². The maximum absolute atomic E-state index is 13.2. The first-order chi connectivity index (χ1) is 19.1. The number of fused-ring (bicyclic) bond motifs is 5. The van der Waals surface area contributed by atoms with E-state index in [2.05, 4.69) is 37.3 Å². The zero-order chi connectivity index (χ0) is 28.2. The predicted molar refractivity (Wildman–Crippen MR) is 155 cm³/mol. The van der Waals surface area contributed by atoms with E-state index in [0.717, 1.165) is 56.4 Å². The van der Waals surface area contributed by atoms with E-state index in [-0.39, 0.29) is 24.0 Å². The van der Waals surface area contributed by atoms with Crippen molar-refractivity contribution in [2.75, 3.05) is 13.1 Å². The maximum atomic E-state index is 13.2. The fourth-order valence-corrected chi connectivity index (χ4v) is 10.2. The van der Waals surface area contributed by atoms with Crippen LogP contribution in [0.15, 0.2) is 24.0 Å². The zero-order valence-electron chi connectivity index (χ0n) is 25.1. The molecule has 2 N–H and O–H groups in total. The average molecular weight is 551 g/mol. The molecule has 6 rings (SSSR count). The van der Waals surface area contributed by atoms with Crippen LogP contribution in [0.1, 0.15) is 102 Å². The number of likely N-dealkylation sites (tertiary alicyclic amines) is 1. The molecule has 2 heterocycles. The molecular weight excluding hydrogens is 500 g/mol. The Morgan fingerprint density at radius 3 is 2.75 bits per heavy atom. The Labute approximate surface area is 240 Å². The highest BCUT2D eigenvalue weighted by molar-refractivity contribution is 5.94. The molecule has 220 valence electrons. The first kappa shape index (κ1) is 28.0. The van der Waals surface area contributed by atoms with Gasteiger partial charge in [0.1, 0.15) is 0 Å². The quantitative estimate of drug-likeness (QED) is 0.482. The minimum atomic E-state index is -0.138. The SMILES string of the molecule is C[C@H](CCC(=O)N1CC[C@H](NC(=O)c2cnn(C)c2)C1)[C@H]1CC[C@H]2[C@@H]3CC=C4C[C@@H](O)CC[C@]4(C)[C@H]3CC[C@]12C. The molecule has 0 unspecified atom stereocenters. The van der Waals surface area contributed by atoms with Crippen LogP contribution in [0, 0.1) is 40.4 Å². The number of aliphatic hydroxyl groups excluding tert-OH is 1. The molecule has 0 bridgehead atoms. The van der Waals surface area contributed by atoms with E-state index in [0.29, 0.717) is 41.2 Å². The second-order valence-corrected chi connectivity index (χ2v) is 14.6. The highest BCUT2D eigenvalue weighted by Crippen LogP contribution is 2.67. The molecule has 1 saturated heterocycles. The van der Waals surface area contributed by atoms with Gasteiger partial charge in [-0.3, -0.25) is 14.3 Å². The van der Waals surface area contributed by atoms with Crippen LogP contribution in [0.2, 0.25) is 0 Å². The van der Waals surface area contributed by atoms with Gasteiger partial charge >= 0.3 is 0 Å². The molecule has 4 aliphatic carbocycles. The molecule has 0 spiro atoms. The number of nitrogens with one attached hydrogen (secondary N) is 1. The first-order valence-corrected chi connectivity index (χ1v) is 16.0. The third-order valence-electron chi connectivity index (χ3n) is 12.5. The summed E-state index contributed by atoms with van der Waals surface area (Å²) in [6.07, 6.45) is 17.6. The van der Waals surface area contributed by atoms with Gasteiger partial charge in [-0.05, 0) is 105 Å². The monoisotopic (exact) mass is 550 g/mol. The molecule has 7 nitrogen and oxygen atoms in total. The van der Waals surface area contributed by atoms with Gasteiger partial charge in [-0.2, -0.15) is 5.10 Å². The molecule has 1 aromatic heterocycles. The second kappa shape index (κ2) is 10.6. The number of nitrogens with zero attached hydrogens (tertiary/aromatic N) is 3. The number of aliphatic hydroxyl groups is 1. The number of aryl methyl sites for hydroxylation is 1. The van der Waals surface area contributed by atoms with E-state index < -0.39 is 0 Å². The molecule has 40 heavy (non-hydrogen) atoms. The topological polar surface area (TPSA) is 87.5 Å². The summed E-state index contributed by atoms with van der Waals surface area (Å²) in [6.45, 7) is 8.84. The molecular formula is C33H50N4O3. The summed E-state index contributed by atoms with van der Waals surface area (Å²) in [5, 5.41) is 17.5. The summed E-state index contributed by atoms with van der Waals surface area (Å²) in [4.78, 5) is 27.7. The highest BCUT2D eigenvalue weighted by Gasteiger charge is 2.59. The van der Waals surface area contributed by atoms with E-state index in [1.807, 2.05) is 4.90 Å². The van der Waals surface area contributed by atoms with E-state index >= 15 is 0 Å². The number of aromatic nitrogens is 2. The van der Waals surface area contributed by atoms with E-state index in [1.165, 1.54) is 32.1 Å². The summed E-state index contributed by atoms with van der Waals surface area (Å²) < 4.78 is 1.63. The van der Waals surface area contributed by atoms with Crippen molar-refractivity contribution in [3.05, 3.63) is 29.6 Å². The van der Waals surface area contributed by atoms with E-state index in [1.54, 1.807) is 29.7 Å². The van der Waals surface area contributed by atoms with Crippen molar-refractivity contribution in [2.45, 2.75) is 104 Å². The largest absolute Gasteiger partial charge is 0.393 e. The summed E-state index contributed by atoms with van der Waals surface area (Å²) in [7, 11) is 1.80. The van der Waals surface area contributed by atoms with Crippen molar-refractivity contribution in [1.29, 1.82) is 0 Å². The Morgan fingerprint density at radius 2 is 1.98 bits per heavy atom. The van der Waals surface area contributed by atoms with Gasteiger partial charge in [0.15, 0.2) is 0 Å². The number of amides is 2. The van der Waals surface area contributed by atoms with Crippen molar-refractivity contribution >= 4 is 11.8 Å². The number of rotatable bonds is 6. The Balaban J connectivity index is 1.02. The van der Waals surface area contributed by atoms with Gasteiger partial charge in [0.2, 0.25) is 5.91 Å². The van der Waals surface area contributed by atoms with Crippen LogP contribution >= 0.6 is 0 Å². The Bertz CT molecular complexity index is 1160. The first-order valence-electron chi connectivity index (χ1n) is 16.0. The molecule has 9 atom stereocenters. The molecule has 0 radical (unpaired) electrons. The van der Waals surface area contributed by atoms with Crippen molar-refractivity contribution < 1.29 is 14.7 Å². The third-order valence-corrected chi connectivity index (χ3v) is 12.5. The van der Waals surface area contributed by atoms with Crippen molar-refractivity contribution in [1.82, 2.24) is 20.0 Å². The normalized spacial score (nSPS) is 39.6. The van der Waals surface area contributed by atoms with Gasteiger partial charge in [-0.1, -0.05) is 32.4 Å². The van der Waals surface area contributed by atoms with Crippen LogP contribution in [0.4, 0.5) is 0 Å². The third kappa shape index (κ3) is 4.84. The number of carbonyl (C=O) groups is 2. The maximum Gasteiger partial charge on any atom is 0.254 e. The molecule has 2 amide bonds. The van der Waals surface area contributed by atoms with E-state index in [4.69, 9.17) is 0 Å². The fourth-order valence-electron chi connectivity index (χ4n) is 10.2. The summed E-state index contributed by atoms with van der Waals surface area (Å²) >= 11 is 0. The average Bonchev–Trinajstić information content (AvgIpc) is 3.66. The molecule has 1 aromatic rings. The molecule has 3 saturated carbocycles. The van der Waals surface area contributed by atoms with Crippen molar-refractivity contribution in [3.8, 4) is 0 Å². The summed E-state index contributed by atoms with van der Waals surface area (Å²) in [5.41, 5.74) is 2.80. The second-order valence-electron chi connectivity index (χ2n) is 14.6. The minimum absolute atomic E-state index is 0.0121. The van der Waals surface area contributed by atoms with E-state index in [9.17, 15) is 14.7 Å². The van der Waals surface area contributed by atoms with Gasteiger partial charge in [0, 0.05) is 38.8 Å². The lowest BCUT2D eigenvalue weighted by molar-refractivity contribution is -0.130. The van der Waals surface area contributed by atoms with Crippen molar-refractivity contribution in [2.24, 2.45) is 47.5 Å². The molecule has 7 heteroatoms. The Morgan fingerprint density at radius 1 is 1.15 bits per heavy atom. The lowest BCUT2D eigenvalue weighted by Gasteiger charge is -2.58. The number of hydrogen-bond donors (Lipinski definition) is 2. The smallest absolute Gasteiger partial charge is 0.254 e. The predicted octanol–water partition coefficient (Wildman–Crippen LogP) is 5.11. The van der Waals surface area contributed by atoms with Crippen LogP contribution in [0.3, 0.4) is 0 Å². The van der Waals surface area contributed by atoms with Crippen LogP contribution in [0.5, 0.6) is 0 Å². The molecule has 0 aromatic carbocycles. The highest BCUT2D eigenvalue weighted by atomic mass is 16.3. The number of allylic oxidation sites excluding steroid dienone is 1. The fraction of sp³-hybridized carbons (Fsp3) is 0.788. The zero-order valence-corrected chi connectivity index (χ0v) is 25.1. The Kier molecular flexibility index (Phi) is 7.42. The molecule has 1 aliphatic heterocycles. The lowest BCUT2D eigenvalue weighted by atomic mass is 9.47. The summed E-state index contributed by atoms with van der Waals surface area (Å²) in [6, 6.07) is 0.0121. The molecule has 5 aliphatic rings. The van der Waals surface area contributed by atoms with Gasteiger partial charge in [0.25, 0.3) is 5.91 Å². The van der Waals surface area contributed by atoms with Crippen LogP contribution in [0.25, 0.3) is 0 Å².